The quantitative estimate of drug-likeness (QED) is 0.506. The maximum absolute atomic E-state index is 5.54. The molecule has 0 radical (unpaired) electrons. The molecule has 5 nitrogen and oxygen atoms in total. The Morgan fingerprint density at radius 2 is 1.79 bits per heavy atom. The maximum Gasteiger partial charge on any atom is 0.194 e. The van der Waals surface area contributed by atoms with E-state index in [9.17, 15) is 0 Å². The van der Waals surface area contributed by atoms with E-state index in [2.05, 4.69) is 63.7 Å². The van der Waals surface area contributed by atoms with Crippen molar-refractivity contribution in [2.45, 2.75) is 13.1 Å². The van der Waals surface area contributed by atoms with Gasteiger partial charge in [-0.25, -0.2) is 0 Å². The van der Waals surface area contributed by atoms with E-state index in [0.29, 0.717) is 0 Å². The van der Waals surface area contributed by atoms with Gasteiger partial charge in [-0.3, -0.25) is 4.99 Å². The number of aliphatic imine (C=N–C) groups is 1. The number of halogens is 1. The third-order valence-electron chi connectivity index (χ3n) is 5.05. The first-order chi connectivity index (χ1) is 13.8. The summed E-state index contributed by atoms with van der Waals surface area (Å²) in [4.78, 5) is 6.90. The highest BCUT2D eigenvalue weighted by Gasteiger charge is 2.19. The molecule has 0 saturated heterocycles. The van der Waals surface area contributed by atoms with Crippen LogP contribution in [0.25, 0.3) is 10.8 Å². The van der Waals surface area contributed by atoms with Crippen molar-refractivity contribution in [1.29, 1.82) is 0 Å². The predicted molar refractivity (Wildman–Crippen MR) is 128 cm³/mol. The number of hydrogen-bond acceptors (Lipinski definition) is 5. The summed E-state index contributed by atoms with van der Waals surface area (Å²) >= 11 is 0. The van der Waals surface area contributed by atoms with Crippen molar-refractivity contribution in [2.75, 3.05) is 27.3 Å². The number of guanidine groups is 1. The average molecular weight is 503 g/mol. The Morgan fingerprint density at radius 1 is 0.966 bits per heavy atom. The summed E-state index contributed by atoms with van der Waals surface area (Å²) in [6.45, 7) is 3.20. The number of methoxy groups -OCH3 is 2. The van der Waals surface area contributed by atoms with Crippen LogP contribution in [-0.4, -0.2) is 38.2 Å². The molecule has 29 heavy (non-hydrogen) atoms. The second-order valence-corrected chi connectivity index (χ2v) is 6.84. The Morgan fingerprint density at radius 3 is 2.59 bits per heavy atom. The Labute approximate surface area is 188 Å². The summed E-state index contributed by atoms with van der Waals surface area (Å²) in [5, 5.41) is 6.02. The highest BCUT2D eigenvalue weighted by molar-refractivity contribution is 14.0. The first-order valence-electron chi connectivity index (χ1n) is 9.48. The molecular weight excluding hydrogens is 477 g/mol. The molecule has 3 aromatic carbocycles. The van der Waals surface area contributed by atoms with Crippen LogP contribution >= 0.6 is 24.0 Å². The van der Waals surface area contributed by atoms with Gasteiger partial charge in [-0.15, -0.1) is 24.0 Å². The smallest absolute Gasteiger partial charge is 0.194 e. The van der Waals surface area contributed by atoms with Gasteiger partial charge in [0.25, 0.3) is 0 Å². The molecule has 152 valence electrons. The molecule has 0 amide bonds. The molecule has 0 bridgehead atoms. The lowest BCUT2D eigenvalue weighted by molar-refractivity contribution is 0.377. The van der Waals surface area contributed by atoms with Crippen LogP contribution < -0.4 is 14.8 Å². The second-order valence-electron chi connectivity index (χ2n) is 6.84. The fraction of sp³-hybridized carbons (Fsp3) is 0.261. The van der Waals surface area contributed by atoms with E-state index >= 15 is 0 Å². The van der Waals surface area contributed by atoms with Crippen molar-refractivity contribution < 1.29 is 9.47 Å². The monoisotopic (exact) mass is 503 g/mol. The van der Waals surface area contributed by atoms with E-state index in [1.165, 1.54) is 16.3 Å². The molecule has 0 fully saturated rings. The highest BCUT2D eigenvalue weighted by Crippen LogP contribution is 2.26. The van der Waals surface area contributed by atoms with Crippen LogP contribution in [0, 0.1) is 0 Å². The molecule has 0 atom stereocenters. The van der Waals surface area contributed by atoms with Crippen LogP contribution in [0.3, 0.4) is 0 Å². The van der Waals surface area contributed by atoms with Gasteiger partial charge in [0.05, 0.1) is 20.8 Å². The van der Waals surface area contributed by atoms with E-state index in [-0.39, 0.29) is 24.0 Å². The summed E-state index contributed by atoms with van der Waals surface area (Å²) in [6, 6.07) is 20.9. The van der Waals surface area contributed by atoms with Gasteiger partial charge in [-0.1, -0.05) is 36.4 Å². The molecule has 1 aliphatic rings. The number of ether oxygens (including phenoxy) is 2. The Balaban J connectivity index is 0.00000240. The minimum absolute atomic E-state index is 0. The van der Waals surface area contributed by atoms with Gasteiger partial charge in [-0.2, -0.15) is 0 Å². The highest BCUT2D eigenvalue weighted by atomic mass is 127. The zero-order valence-electron chi connectivity index (χ0n) is 16.7. The Kier molecular flexibility index (Phi) is 7.19. The Bertz CT molecular complexity index is 1010. The van der Waals surface area contributed by atoms with E-state index in [1.54, 1.807) is 14.2 Å². The van der Waals surface area contributed by atoms with Gasteiger partial charge in [0.15, 0.2) is 5.96 Å². The standard InChI is InChI=1S/C23H25N3O2.HI/c1-27-21-10-9-20(22(14-21)28-2)16-26-12-11-24-23(26)25-15-17-7-8-18-5-3-4-6-19(18)13-17;/h3-10,13-14H,11-12,15-16H2,1-2H3,(H,24,25);1H. The van der Waals surface area contributed by atoms with Crippen molar-refractivity contribution in [2.24, 2.45) is 4.99 Å². The fourth-order valence-electron chi connectivity index (χ4n) is 3.52. The molecule has 1 heterocycles. The van der Waals surface area contributed by atoms with Gasteiger partial charge in [0, 0.05) is 31.3 Å². The summed E-state index contributed by atoms with van der Waals surface area (Å²) in [6.07, 6.45) is 0. The average Bonchev–Trinajstić information content (AvgIpc) is 3.19. The summed E-state index contributed by atoms with van der Waals surface area (Å²) in [5.74, 6) is 2.57. The van der Waals surface area contributed by atoms with E-state index in [4.69, 9.17) is 9.47 Å². The van der Waals surface area contributed by atoms with Crippen LogP contribution in [-0.2, 0) is 13.1 Å². The number of fused-ring (bicyclic) bond motifs is 1. The maximum atomic E-state index is 5.54. The van der Waals surface area contributed by atoms with E-state index < -0.39 is 0 Å². The Hall–Kier alpha value is -2.48. The van der Waals surface area contributed by atoms with Crippen LogP contribution in [0.1, 0.15) is 11.1 Å². The number of hydrogen-bond donors (Lipinski definition) is 1. The zero-order chi connectivity index (χ0) is 19.3. The molecule has 3 aromatic rings. The third kappa shape index (κ3) is 4.93. The number of nitrogens with zero attached hydrogens (tertiary/aromatic N) is 2. The van der Waals surface area contributed by atoms with Crippen molar-refractivity contribution in [1.82, 2.24) is 10.2 Å². The van der Waals surface area contributed by atoms with Crippen molar-refractivity contribution >= 4 is 40.7 Å². The molecule has 0 aliphatic carbocycles. The zero-order valence-corrected chi connectivity index (χ0v) is 19.1. The third-order valence-corrected chi connectivity index (χ3v) is 5.05. The number of benzene rings is 3. The lowest BCUT2D eigenvalue weighted by atomic mass is 10.1. The minimum atomic E-state index is 0. The van der Waals surface area contributed by atoms with Crippen molar-refractivity contribution in [3.8, 4) is 11.5 Å². The molecule has 0 saturated carbocycles. The molecular formula is C23H26IN3O2. The lowest BCUT2D eigenvalue weighted by Gasteiger charge is -2.22. The normalized spacial score (nSPS) is 13.0. The van der Waals surface area contributed by atoms with Crippen LogP contribution in [0.15, 0.2) is 65.7 Å². The SMILES string of the molecule is COc1ccc(CN2CCN=C2NCc2ccc3ccccc3c2)c(OC)c1.I. The fourth-order valence-corrected chi connectivity index (χ4v) is 3.52. The van der Waals surface area contributed by atoms with Gasteiger partial charge in [-0.05, 0) is 34.5 Å². The van der Waals surface area contributed by atoms with Gasteiger partial charge in [0.2, 0.25) is 0 Å². The molecule has 0 aromatic heterocycles. The first kappa shape index (κ1) is 21.2. The number of rotatable bonds is 6. The van der Waals surface area contributed by atoms with E-state index in [0.717, 1.165) is 49.2 Å². The molecule has 0 spiro atoms. The van der Waals surface area contributed by atoms with Crippen LogP contribution in [0.5, 0.6) is 11.5 Å². The second kappa shape index (κ2) is 9.82. The molecule has 0 unspecified atom stereocenters. The van der Waals surface area contributed by atoms with Gasteiger partial charge < -0.3 is 19.7 Å². The summed E-state index contributed by atoms with van der Waals surface area (Å²) in [7, 11) is 3.35. The van der Waals surface area contributed by atoms with Gasteiger partial charge >= 0.3 is 0 Å². The summed E-state index contributed by atoms with van der Waals surface area (Å²) in [5.41, 5.74) is 2.36. The minimum Gasteiger partial charge on any atom is -0.497 e. The number of nitrogens with one attached hydrogen (secondary N) is 1. The molecule has 6 heteroatoms. The molecule has 4 rings (SSSR count). The van der Waals surface area contributed by atoms with E-state index in [1.807, 2.05) is 12.1 Å². The largest absolute Gasteiger partial charge is 0.497 e. The lowest BCUT2D eigenvalue weighted by Crippen LogP contribution is -2.37. The van der Waals surface area contributed by atoms with Crippen molar-refractivity contribution in [3.63, 3.8) is 0 Å². The predicted octanol–water partition coefficient (Wildman–Crippen LogP) is 4.44. The summed E-state index contributed by atoms with van der Waals surface area (Å²) < 4.78 is 10.8. The van der Waals surface area contributed by atoms with Gasteiger partial charge in [0.1, 0.15) is 11.5 Å². The topological polar surface area (TPSA) is 46.1 Å². The molecule has 1 aliphatic heterocycles. The first-order valence-corrected chi connectivity index (χ1v) is 9.48. The van der Waals surface area contributed by atoms with Crippen molar-refractivity contribution in [3.05, 3.63) is 71.8 Å². The van der Waals surface area contributed by atoms with Crippen LogP contribution in [0.2, 0.25) is 0 Å². The van der Waals surface area contributed by atoms with Crippen LogP contribution in [0.4, 0.5) is 0 Å². The molecule has 1 N–H and O–H groups in total.